The molecule has 0 unspecified atom stereocenters. The lowest BCUT2D eigenvalue weighted by atomic mass is 9.69. The third-order valence-electron chi connectivity index (χ3n) is 8.96. The summed E-state index contributed by atoms with van der Waals surface area (Å²) in [6, 6.07) is 11.0. The summed E-state index contributed by atoms with van der Waals surface area (Å²) < 4.78 is 0. The number of nitrogens with zero attached hydrogens (tertiary/aromatic N) is 4. The van der Waals surface area contributed by atoms with E-state index in [-0.39, 0.29) is 5.41 Å². The molecule has 0 amide bonds. The molecule has 3 aliphatic rings. The first-order chi connectivity index (χ1) is 18.4. The molecule has 38 heavy (non-hydrogen) atoms. The van der Waals surface area contributed by atoms with Crippen LogP contribution in [0.2, 0.25) is 5.02 Å². The third-order valence-corrected chi connectivity index (χ3v) is 9.45. The van der Waals surface area contributed by atoms with Crippen LogP contribution in [0.3, 0.4) is 0 Å². The van der Waals surface area contributed by atoms with Crippen molar-refractivity contribution in [2.75, 3.05) is 41.3 Å². The molecule has 1 atom stereocenters. The van der Waals surface area contributed by atoms with E-state index < -0.39 is 0 Å². The van der Waals surface area contributed by atoms with Crippen LogP contribution >= 0.6 is 23.8 Å². The van der Waals surface area contributed by atoms with Crippen LogP contribution in [0.25, 0.3) is 0 Å². The summed E-state index contributed by atoms with van der Waals surface area (Å²) in [7, 11) is 0. The number of rotatable bonds is 6. The van der Waals surface area contributed by atoms with Crippen molar-refractivity contribution >= 4 is 46.5 Å². The summed E-state index contributed by atoms with van der Waals surface area (Å²) in [4.78, 5) is 14.8. The van der Waals surface area contributed by atoms with Gasteiger partial charge in [-0.15, -0.1) is 0 Å². The zero-order valence-corrected chi connectivity index (χ0v) is 24.6. The predicted molar refractivity (Wildman–Crippen MR) is 164 cm³/mol. The van der Waals surface area contributed by atoms with Crippen molar-refractivity contribution in [2.45, 2.75) is 89.5 Å². The lowest BCUT2D eigenvalue weighted by Gasteiger charge is -2.38. The van der Waals surface area contributed by atoms with Gasteiger partial charge in [-0.05, 0) is 87.7 Å². The fourth-order valence-electron chi connectivity index (χ4n) is 6.47. The summed E-state index contributed by atoms with van der Waals surface area (Å²) in [5.74, 6) is 3.38. The molecule has 1 aromatic heterocycles. The number of hydrogen-bond donors (Lipinski definition) is 2. The van der Waals surface area contributed by atoms with Crippen LogP contribution in [0.15, 0.2) is 30.3 Å². The number of thiocarbonyl (C=S) groups is 1. The highest BCUT2D eigenvalue weighted by molar-refractivity contribution is 7.80. The van der Waals surface area contributed by atoms with E-state index in [1.54, 1.807) is 0 Å². The molecule has 206 valence electrons. The maximum Gasteiger partial charge on any atom is 0.232 e. The van der Waals surface area contributed by atoms with Crippen molar-refractivity contribution in [1.29, 1.82) is 0 Å². The average molecular weight is 555 g/mol. The van der Waals surface area contributed by atoms with Crippen LogP contribution in [-0.2, 0) is 5.41 Å². The van der Waals surface area contributed by atoms with E-state index in [1.165, 1.54) is 56.9 Å². The van der Waals surface area contributed by atoms with Gasteiger partial charge in [0.1, 0.15) is 11.6 Å². The van der Waals surface area contributed by atoms with E-state index >= 15 is 0 Å². The Bertz CT molecular complexity index is 1100. The molecule has 0 radical (unpaired) electrons. The minimum atomic E-state index is 0.0382. The molecule has 5 rings (SSSR count). The SMILES string of the molecule is CC1CCN(c2cc(N3CCCC[C@@H]3C)nc(NC(=S)NCC3(c4cccc(Cl)c4)CCCCC3)n2)CC1. The highest BCUT2D eigenvalue weighted by Gasteiger charge is 2.34. The first-order valence-electron chi connectivity index (χ1n) is 14.6. The minimum Gasteiger partial charge on any atom is -0.361 e. The smallest absolute Gasteiger partial charge is 0.232 e. The third kappa shape index (κ3) is 6.53. The fraction of sp³-hybridized carbons (Fsp3) is 0.633. The Balaban J connectivity index is 1.33. The Kier molecular flexibility index (Phi) is 8.94. The molecule has 1 saturated carbocycles. The minimum absolute atomic E-state index is 0.0382. The second-order valence-electron chi connectivity index (χ2n) is 11.8. The first-order valence-corrected chi connectivity index (χ1v) is 15.4. The van der Waals surface area contributed by atoms with Gasteiger partial charge in [0, 0.05) is 48.7 Å². The summed E-state index contributed by atoms with van der Waals surface area (Å²) >= 11 is 12.2. The lowest BCUT2D eigenvalue weighted by Crippen LogP contribution is -2.44. The Morgan fingerprint density at radius 1 is 0.974 bits per heavy atom. The van der Waals surface area contributed by atoms with Gasteiger partial charge >= 0.3 is 0 Å². The van der Waals surface area contributed by atoms with Gasteiger partial charge in [0.25, 0.3) is 0 Å². The molecule has 1 aliphatic carbocycles. The molecule has 0 spiro atoms. The normalized spacial score (nSPS) is 22.2. The van der Waals surface area contributed by atoms with Crippen LogP contribution in [0.4, 0.5) is 17.6 Å². The second-order valence-corrected chi connectivity index (χ2v) is 12.6. The van der Waals surface area contributed by atoms with E-state index in [2.05, 4.69) is 58.5 Å². The highest BCUT2D eigenvalue weighted by Crippen LogP contribution is 2.40. The van der Waals surface area contributed by atoms with Gasteiger partial charge < -0.3 is 20.4 Å². The van der Waals surface area contributed by atoms with Crippen molar-refractivity contribution in [3.63, 3.8) is 0 Å². The van der Waals surface area contributed by atoms with E-state index in [1.807, 2.05) is 6.07 Å². The molecule has 0 bridgehead atoms. The molecule has 2 aromatic rings. The molecular formula is C30H43ClN6S. The number of aromatic nitrogens is 2. The van der Waals surface area contributed by atoms with Gasteiger partial charge in [-0.2, -0.15) is 9.97 Å². The van der Waals surface area contributed by atoms with E-state index in [9.17, 15) is 0 Å². The summed E-state index contributed by atoms with van der Waals surface area (Å²) in [5.41, 5.74) is 1.34. The number of hydrogen-bond acceptors (Lipinski definition) is 5. The number of piperidine rings is 2. The molecule has 2 aliphatic heterocycles. The quantitative estimate of drug-likeness (QED) is 0.375. The lowest BCUT2D eigenvalue weighted by molar-refractivity contribution is 0.292. The topological polar surface area (TPSA) is 56.3 Å². The Hall–Kier alpha value is -2.12. The summed E-state index contributed by atoms with van der Waals surface area (Å²) in [5, 5.41) is 8.28. The zero-order chi connectivity index (χ0) is 26.5. The monoisotopic (exact) mass is 554 g/mol. The summed E-state index contributed by atoms with van der Waals surface area (Å²) in [6.45, 7) is 8.55. The second kappa shape index (κ2) is 12.4. The van der Waals surface area contributed by atoms with Gasteiger partial charge in [-0.25, -0.2) is 0 Å². The van der Waals surface area contributed by atoms with Crippen molar-refractivity contribution in [3.8, 4) is 0 Å². The van der Waals surface area contributed by atoms with Gasteiger partial charge in [0.05, 0.1) is 0 Å². The van der Waals surface area contributed by atoms with Crippen LogP contribution in [0, 0.1) is 5.92 Å². The summed E-state index contributed by atoms with van der Waals surface area (Å²) in [6.07, 6.45) is 12.1. The van der Waals surface area contributed by atoms with Gasteiger partial charge in [-0.1, -0.05) is 49.9 Å². The highest BCUT2D eigenvalue weighted by atomic mass is 35.5. The number of benzene rings is 1. The number of nitrogens with one attached hydrogen (secondary N) is 2. The van der Waals surface area contributed by atoms with Crippen molar-refractivity contribution in [2.24, 2.45) is 5.92 Å². The molecule has 3 heterocycles. The average Bonchev–Trinajstić information content (AvgIpc) is 2.93. The van der Waals surface area contributed by atoms with Crippen LogP contribution in [-0.4, -0.2) is 47.3 Å². The Morgan fingerprint density at radius 2 is 1.74 bits per heavy atom. The maximum atomic E-state index is 6.39. The van der Waals surface area contributed by atoms with Gasteiger partial charge in [0.15, 0.2) is 5.11 Å². The first kappa shape index (κ1) is 27.4. The zero-order valence-electron chi connectivity index (χ0n) is 23.0. The van der Waals surface area contributed by atoms with Crippen molar-refractivity contribution in [1.82, 2.24) is 15.3 Å². The van der Waals surface area contributed by atoms with E-state index in [0.717, 1.165) is 61.6 Å². The fourth-order valence-corrected chi connectivity index (χ4v) is 6.83. The largest absolute Gasteiger partial charge is 0.361 e. The van der Waals surface area contributed by atoms with Crippen molar-refractivity contribution in [3.05, 3.63) is 40.9 Å². The Labute approximate surface area is 238 Å². The standard InChI is InChI=1S/C30H43ClN6S/c1-22-12-17-36(18-13-22)26-20-27(37-16-7-4-9-23(37)2)34-28(33-26)35-29(38)32-21-30(14-5-3-6-15-30)24-10-8-11-25(31)19-24/h8,10-11,19-20,22-23H,3-7,9,12-18,21H2,1-2H3,(H2,32,33,34,35,38)/t23-/m0/s1. The van der Waals surface area contributed by atoms with Crippen molar-refractivity contribution < 1.29 is 0 Å². The number of anilines is 3. The molecule has 1 aromatic carbocycles. The van der Waals surface area contributed by atoms with Gasteiger partial charge in [-0.3, -0.25) is 0 Å². The molecule has 2 saturated heterocycles. The van der Waals surface area contributed by atoms with Crippen LogP contribution in [0.5, 0.6) is 0 Å². The molecule has 3 fully saturated rings. The van der Waals surface area contributed by atoms with Gasteiger partial charge in [0.2, 0.25) is 5.95 Å². The number of halogens is 1. The van der Waals surface area contributed by atoms with Crippen LogP contribution < -0.4 is 20.4 Å². The van der Waals surface area contributed by atoms with E-state index in [4.69, 9.17) is 33.8 Å². The predicted octanol–water partition coefficient (Wildman–Crippen LogP) is 6.93. The Morgan fingerprint density at radius 3 is 2.47 bits per heavy atom. The van der Waals surface area contributed by atoms with E-state index in [0.29, 0.717) is 17.1 Å². The maximum absolute atomic E-state index is 6.39. The molecule has 8 heteroatoms. The molecule has 6 nitrogen and oxygen atoms in total. The van der Waals surface area contributed by atoms with Crippen LogP contribution in [0.1, 0.15) is 83.6 Å². The molecular weight excluding hydrogens is 512 g/mol. The molecule has 2 N–H and O–H groups in total.